The summed E-state index contributed by atoms with van der Waals surface area (Å²) in [5.74, 6) is 0.420. The molecule has 8 nitrogen and oxygen atoms in total. The van der Waals surface area contributed by atoms with Crippen LogP contribution >= 0.6 is 0 Å². The third-order valence-corrected chi connectivity index (χ3v) is 6.64. The number of ether oxygens (including phenoxy) is 1. The van der Waals surface area contributed by atoms with Gasteiger partial charge in [0.25, 0.3) is 5.91 Å². The van der Waals surface area contributed by atoms with E-state index in [9.17, 15) is 14.7 Å². The number of amides is 2. The average Bonchev–Trinajstić information content (AvgIpc) is 3.16. The van der Waals surface area contributed by atoms with Crippen LogP contribution in [0, 0.1) is 0 Å². The number of pyridine rings is 1. The van der Waals surface area contributed by atoms with Crippen molar-refractivity contribution in [3.63, 3.8) is 0 Å². The van der Waals surface area contributed by atoms with Gasteiger partial charge in [-0.1, -0.05) is 24.3 Å². The predicted octanol–water partition coefficient (Wildman–Crippen LogP) is 0.649. The molecule has 2 unspecified atom stereocenters. The normalized spacial score (nSPS) is 25.5. The zero-order chi connectivity index (χ0) is 21.6. The number of rotatable bonds is 5. The number of hydrogen-bond acceptors (Lipinski definition) is 7. The molecule has 4 heterocycles. The summed E-state index contributed by atoms with van der Waals surface area (Å²) in [6.45, 7) is 2.26. The van der Waals surface area contributed by atoms with Crippen molar-refractivity contribution in [2.75, 3.05) is 26.7 Å². The Balaban J connectivity index is 1.39. The largest absolute Gasteiger partial charge is 0.496 e. The summed E-state index contributed by atoms with van der Waals surface area (Å²) in [5.41, 5.74) is 1.10. The molecule has 1 spiro atoms. The molecule has 0 bridgehead atoms. The van der Waals surface area contributed by atoms with Crippen LogP contribution in [0.4, 0.5) is 0 Å². The van der Waals surface area contributed by atoms with Crippen LogP contribution in [0.3, 0.4) is 0 Å². The number of benzene rings is 1. The fourth-order valence-electron chi connectivity index (χ4n) is 5.20. The molecule has 2 amide bonds. The van der Waals surface area contributed by atoms with Gasteiger partial charge in [-0.25, -0.2) is 0 Å². The van der Waals surface area contributed by atoms with Crippen LogP contribution in [0.5, 0.6) is 5.75 Å². The number of carbonyl (C=O) groups excluding carboxylic acids is 2. The lowest BCUT2D eigenvalue weighted by Crippen LogP contribution is -2.81. The molecule has 0 radical (unpaired) electrons. The first-order valence-electron chi connectivity index (χ1n) is 10.6. The monoisotopic (exact) mass is 422 g/mol. The van der Waals surface area contributed by atoms with Gasteiger partial charge in [-0.3, -0.25) is 29.3 Å². The molecule has 1 N–H and O–H groups in total. The van der Waals surface area contributed by atoms with E-state index in [-0.39, 0.29) is 18.4 Å². The first-order chi connectivity index (χ1) is 15.0. The summed E-state index contributed by atoms with van der Waals surface area (Å²) in [6, 6.07) is 11.1. The van der Waals surface area contributed by atoms with E-state index in [2.05, 4.69) is 9.88 Å². The maximum atomic E-state index is 13.6. The minimum absolute atomic E-state index is 0.178. The number of β-amino-alcohol motifs (C(OH)–C–C–N with tert-alkyl or cyclic N) is 1. The highest BCUT2D eigenvalue weighted by atomic mass is 16.5. The molecule has 31 heavy (non-hydrogen) atoms. The Kier molecular flexibility index (Phi) is 5.00. The van der Waals surface area contributed by atoms with Crippen LogP contribution in [-0.2, 0) is 22.7 Å². The van der Waals surface area contributed by atoms with Gasteiger partial charge in [-0.05, 0) is 24.1 Å². The molecule has 3 fully saturated rings. The van der Waals surface area contributed by atoms with E-state index in [1.54, 1.807) is 25.6 Å². The van der Waals surface area contributed by atoms with E-state index in [4.69, 9.17) is 4.74 Å². The minimum atomic E-state index is -0.777. The summed E-state index contributed by atoms with van der Waals surface area (Å²) in [5, 5.41) is 10.3. The van der Waals surface area contributed by atoms with E-state index in [1.165, 1.54) is 4.90 Å². The smallest absolute Gasteiger partial charge is 0.252 e. The van der Waals surface area contributed by atoms with Crippen LogP contribution in [-0.4, -0.2) is 81.0 Å². The van der Waals surface area contributed by atoms with Crippen molar-refractivity contribution in [2.24, 2.45) is 0 Å². The summed E-state index contributed by atoms with van der Waals surface area (Å²) >= 11 is 0. The quantitative estimate of drug-likeness (QED) is 0.708. The highest BCUT2D eigenvalue weighted by Crippen LogP contribution is 2.41. The molecule has 2 aromatic rings. The zero-order valence-corrected chi connectivity index (χ0v) is 17.5. The zero-order valence-electron chi connectivity index (χ0n) is 17.5. The SMILES string of the molecule is COc1ccccc1CN1CC2(C1)C(=O)N(Cc1cccnc1)C(=O)C1CC(O)CN12. The number of carbonyl (C=O) groups is 2. The third-order valence-electron chi connectivity index (χ3n) is 6.64. The molecule has 3 saturated heterocycles. The summed E-state index contributed by atoms with van der Waals surface area (Å²) in [4.78, 5) is 36.4. The van der Waals surface area contributed by atoms with Crippen LogP contribution in [0.25, 0.3) is 0 Å². The Morgan fingerprint density at radius 2 is 1.97 bits per heavy atom. The van der Waals surface area contributed by atoms with Crippen molar-refractivity contribution in [3.05, 3.63) is 59.9 Å². The lowest BCUT2D eigenvalue weighted by atomic mass is 9.82. The van der Waals surface area contributed by atoms with Crippen LogP contribution < -0.4 is 4.74 Å². The number of piperazine rings is 1. The van der Waals surface area contributed by atoms with E-state index in [0.29, 0.717) is 32.6 Å². The standard InChI is InChI=1S/C23H26N4O4/c1-31-20-7-3-2-6-17(20)12-25-14-23(15-25)22(30)26(11-16-5-4-8-24-10-16)21(29)19-9-18(28)13-27(19)23/h2-8,10,18-19,28H,9,11-15H2,1H3. The van der Waals surface area contributed by atoms with E-state index < -0.39 is 17.7 Å². The minimum Gasteiger partial charge on any atom is -0.496 e. The highest BCUT2D eigenvalue weighted by molar-refractivity contribution is 6.06. The highest BCUT2D eigenvalue weighted by Gasteiger charge is 2.64. The average molecular weight is 422 g/mol. The number of fused-ring (bicyclic) bond motifs is 2. The Labute approximate surface area is 181 Å². The fourth-order valence-corrected chi connectivity index (χ4v) is 5.20. The van der Waals surface area contributed by atoms with Crippen LogP contribution in [0.15, 0.2) is 48.8 Å². The first kappa shape index (κ1) is 20.1. The number of hydrogen-bond donors (Lipinski definition) is 1. The molecule has 5 rings (SSSR count). The van der Waals surface area contributed by atoms with Gasteiger partial charge in [0.1, 0.15) is 11.3 Å². The number of likely N-dealkylation sites (tertiary alicyclic amines) is 1. The number of aromatic nitrogens is 1. The van der Waals surface area contributed by atoms with Crippen molar-refractivity contribution >= 4 is 11.8 Å². The molecular formula is C23H26N4O4. The third kappa shape index (κ3) is 3.31. The predicted molar refractivity (Wildman–Crippen MR) is 112 cm³/mol. The number of aliphatic hydroxyl groups is 1. The number of nitrogens with zero attached hydrogens (tertiary/aromatic N) is 4. The van der Waals surface area contributed by atoms with Gasteiger partial charge in [0, 0.05) is 44.1 Å². The van der Waals surface area contributed by atoms with E-state index in [0.717, 1.165) is 16.9 Å². The van der Waals surface area contributed by atoms with Gasteiger partial charge in [0.05, 0.1) is 25.8 Å². The summed E-state index contributed by atoms with van der Waals surface area (Å²) in [6.07, 6.45) is 3.11. The van der Waals surface area contributed by atoms with E-state index in [1.807, 2.05) is 35.2 Å². The van der Waals surface area contributed by atoms with Gasteiger partial charge in [-0.15, -0.1) is 0 Å². The molecule has 3 aliphatic heterocycles. The van der Waals surface area contributed by atoms with Crippen molar-refractivity contribution in [3.8, 4) is 5.75 Å². The number of aliphatic hydroxyl groups excluding tert-OH is 1. The Morgan fingerprint density at radius 1 is 1.16 bits per heavy atom. The van der Waals surface area contributed by atoms with E-state index >= 15 is 0 Å². The summed E-state index contributed by atoms with van der Waals surface area (Å²) < 4.78 is 5.46. The van der Waals surface area contributed by atoms with Gasteiger partial charge in [0.15, 0.2) is 0 Å². The molecule has 0 aliphatic carbocycles. The van der Waals surface area contributed by atoms with Gasteiger partial charge >= 0.3 is 0 Å². The maximum Gasteiger partial charge on any atom is 0.252 e. The second-order valence-corrected chi connectivity index (χ2v) is 8.64. The van der Waals surface area contributed by atoms with Gasteiger partial charge in [-0.2, -0.15) is 0 Å². The van der Waals surface area contributed by atoms with Crippen molar-refractivity contribution in [1.82, 2.24) is 19.7 Å². The number of methoxy groups -OCH3 is 1. The fraction of sp³-hybridized carbons (Fsp3) is 0.435. The molecule has 0 saturated carbocycles. The Morgan fingerprint density at radius 3 is 2.71 bits per heavy atom. The second-order valence-electron chi connectivity index (χ2n) is 8.64. The van der Waals surface area contributed by atoms with Crippen LogP contribution in [0.2, 0.25) is 0 Å². The Hall–Kier alpha value is -2.81. The molecule has 1 aromatic carbocycles. The van der Waals surface area contributed by atoms with Crippen molar-refractivity contribution in [2.45, 2.75) is 37.2 Å². The lowest BCUT2D eigenvalue weighted by Gasteiger charge is -2.58. The molecular weight excluding hydrogens is 396 g/mol. The number of para-hydroxylation sites is 1. The van der Waals surface area contributed by atoms with Crippen LogP contribution in [0.1, 0.15) is 17.5 Å². The van der Waals surface area contributed by atoms with Crippen molar-refractivity contribution in [1.29, 1.82) is 0 Å². The molecule has 1 aromatic heterocycles. The maximum absolute atomic E-state index is 13.6. The topological polar surface area (TPSA) is 86.2 Å². The van der Waals surface area contributed by atoms with Gasteiger partial charge in [0.2, 0.25) is 5.91 Å². The number of imide groups is 1. The Bertz CT molecular complexity index is 992. The molecule has 2 atom stereocenters. The van der Waals surface area contributed by atoms with Gasteiger partial charge < -0.3 is 9.84 Å². The van der Waals surface area contributed by atoms with Crippen molar-refractivity contribution < 1.29 is 19.4 Å². The second kappa shape index (κ2) is 7.71. The summed E-state index contributed by atoms with van der Waals surface area (Å²) in [7, 11) is 1.65. The lowest BCUT2D eigenvalue weighted by molar-refractivity contribution is -0.181. The first-order valence-corrected chi connectivity index (χ1v) is 10.6. The molecule has 3 aliphatic rings. The molecule has 8 heteroatoms. The molecule has 162 valence electrons.